The van der Waals surface area contributed by atoms with Crippen molar-refractivity contribution < 1.29 is 27.5 Å². The first kappa shape index (κ1) is 12.6. The summed E-state index contributed by atoms with van der Waals surface area (Å²) in [7, 11) is 0. The summed E-state index contributed by atoms with van der Waals surface area (Å²) in [5.41, 5.74) is 0.513. The van der Waals surface area contributed by atoms with E-state index in [2.05, 4.69) is 0 Å². The summed E-state index contributed by atoms with van der Waals surface area (Å²) in [6.45, 7) is 0.682. The van der Waals surface area contributed by atoms with Gasteiger partial charge in [-0.2, -0.15) is 13.2 Å². The molecule has 7 heteroatoms. The molecular formula is C9H10F3NO3. The molecule has 16 heavy (non-hydrogen) atoms. The molecule has 0 spiro atoms. The largest absolute Gasteiger partial charge is 0.459 e. The average Bonchev–Trinajstić information content (AvgIpc) is 2.58. The lowest BCUT2D eigenvalue weighted by Gasteiger charge is -2.14. The van der Waals surface area contributed by atoms with Gasteiger partial charge in [0.15, 0.2) is 11.9 Å². The Morgan fingerprint density at radius 3 is 2.69 bits per heavy atom. The maximum atomic E-state index is 11.9. The molecule has 1 atom stereocenters. The van der Waals surface area contributed by atoms with Crippen molar-refractivity contribution in [1.29, 1.82) is 0 Å². The van der Waals surface area contributed by atoms with E-state index in [0.717, 1.165) is 0 Å². The number of aliphatic hydroxyl groups excluding tert-OH is 1. The summed E-state index contributed by atoms with van der Waals surface area (Å²) in [6.07, 6.45) is -6.07. The molecule has 0 saturated carbocycles. The van der Waals surface area contributed by atoms with Crippen molar-refractivity contribution in [3.05, 3.63) is 23.7 Å². The minimum atomic E-state index is -4.74. The van der Waals surface area contributed by atoms with Crippen LogP contribution in [-0.4, -0.2) is 29.8 Å². The van der Waals surface area contributed by atoms with Crippen molar-refractivity contribution in [3.63, 3.8) is 0 Å². The Kier molecular flexibility index (Phi) is 3.58. The SMILES string of the molecule is Cc1ccoc1C(=O)NCC(O)C(F)(F)F. The molecule has 0 aromatic carbocycles. The van der Waals surface area contributed by atoms with Gasteiger partial charge < -0.3 is 14.8 Å². The summed E-state index contributed by atoms with van der Waals surface area (Å²) in [5.74, 6) is -0.847. The van der Waals surface area contributed by atoms with Gasteiger partial charge in [-0.3, -0.25) is 4.79 Å². The lowest BCUT2D eigenvalue weighted by atomic mass is 10.2. The van der Waals surface area contributed by atoms with Crippen molar-refractivity contribution in [2.24, 2.45) is 0 Å². The molecule has 2 N–H and O–H groups in total. The molecule has 0 saturated heterocycles. The fourth-order valence-corrected chi connectivity index (χ4v) is 0.991. The second kappa shape index (κ2) is 4.56. The van der Waals surface area contributed by atoms with Crippen LogP contribution in [0, 0.1) is 6.92 Å². The van der Waals surface area contributed by atoms with E-state index in [1.807, 2.05) is 5.32 Å². The van der Waals surface area contributed by atoms with Gasteiger partial charge in [0, 0.05) is 5.56 Å². The maximum absolute atomic E-state index is 11.9. The number of furan rings is 1. The molecule has 1 aromatic heterocycles. The molecule has 1 amide bonds. The minimum Gasteiger partial charge on any atom is -0.459 e. The Balaban J connectivity index is 2.52. The third kappa shape index (κ3) is 2.99. The van der Waals surface area contributed by atoms with E-state index < -0.39 is 24.7 Å². The van der Waals surface area contributed by atoms with Gasteiger partial charge in [-0.1, -0.05) is 0 Å². The average molecular weight is 237 g/mol. The van der Waals surface area contributed by atoms with Gasteiger partial charge in [-0.15, -0.1) is 0 Å². The Morgan fingerprint density at radius 2 is 2.25 bits per heavy atom. The lowest BCUT2D eigenvalue weighted by Crippen LogP contribution is -2.40. The normalized spacial score (nSPS) is 13.6. The topological polar surface area (TPSA) is 62.5 Å². The van der Waals surface area contributed by atoms with Gasteiger partial charge in [-0.05, 0) is 13.0 Å². The number of carbonyl (C=O) groups is 1. The molecule has 0 fully saturated rings. The van der Waals surface area contributed by atoms with Gasteiger partial charge >= 0.3 is 6.18 Å². The van der Waals surface area contributed by atoms with Gasteiger partial charge in [0.1, 0.15) is 0 Å². The molecular weight excluding hydrogens is 227 g/mol. The summed E-state index contributed by atoms with van der Waals surface area (Å²) < 4.78 is 40.5. The molecule has 4 nitrogen and oxygen atoms in total. The number of aliphatic hydroxyl groups is 1. The van der Waals surface area contributed by atoms with Crippen molar-refractivity contribution in [3.8, 4) is 0 Å². The van der Waals surface area contributed by atoms with E-state index in [1.165, 1.54) is 12.3 Å². The van der Waals surface area contributed by atoms with Crippen LogP contribution < -0.4 is 5.32 Å². The third-order valence-electron chi connectivity index (χ3n) is 1.90. The summed E-state index contributed by atoms with van der Waals surface area (Å²) >= 11 is 0. The molecule has 0 aliphatic heterocycles. The number of halogens is 3. The van der Waals surface area contributed by atoms with Crippen LogP contribution in [0.5, 0.6) is 0 Å². The molecule has 1 aromatic rings. The molecule has 1 unspecified atom stereocenters. The quantitative estimate of drug-likeness (QED) is 0.831. The van der Waals surface area contributed by atoms with Crippen LogP contribution in [0.25, 0.3) is 0 Å². The van der Waals surface area contributed by atoms with Crippen LogP contribution >= 0.6 is 0 Å². The van der Waals surface area contributed by atoms with Crippen molar-refractivity contribution >= 4 is 5.91 Å². The highest BCUT2D eigenvalue weighted by Gasteiger charge is 2.38. The maximum Gasteiger partial charge on any atom is 0.416 e. The van der Waals surface area contributed by atoms with Crippen LogP contribution in [0.4, 0.5) is 13.2 Å². The molecule has 90 valence electrons. The minimum absolute atomic E-state index is 0.0608. The fraction of sp³-hybridized carbons (Fsp3) is 0.444. The summed E-state index contributed by atoms with van der Waals surface area (Å²) in [4.78, 5) is 11.3. The van der Waals surface area contributed by atoms with Crippen LogP contribution in [-0.2, 0) is 0 Å². The zero-order valence-corrected chi connectivity index (χ0v) is 8.34. The number of hydrogen-bond acceptors (Lipinski definition) is 3. The Hall–Kier alpha value is -1.50. The van der Waals surface area contributed by atoms with Gasteiger partial charge in [-0.25, -0.2) is 0 Å². The summed E-state index contributed by atoms with van der Waals surface area (Å²) in [6, 6.07) is 1.51. The summed E-state index contributed by atoms with van der Waals surface area (Å²) in [5, 5.41) is 10.6. The lowest BCUT2D eigenvalue weighted by molar-refractivity contribution is -0.201. The number of alkyl halides is 3. The van der Waals surface area contributed by atoms with Gasteiger partial charge in [0.2, 0.25) is 0 Å². The van der Waals surface area contributed by atoms with E-state index in [4.69, 9.17) is 9.52 Å². The highest BCUT2D eigenvalue weighted by molar-refractivity contribution is 5.92. The van der Waals surface area contributed by atoms with Crippen LogP contribution in [0.2, 0.25) is 0 Å². The van der Waals surface area contributed by atoms with E-state index >= 15 is 0 Å². The smallest absolute Gasteiger partial charge is 0.416 e. The molecule has 0 bridgehead atoms. The van der Waals surface area contributed by atoms with Crippen LogP contribution in [0.15, 0.2) is 16.7 Å². The number of amides is 1. The predicted octanol–water partition coefficient (Wildman–Crippen LogP) is 1.24. The predicted molar refractivity (Wildman–Crippen MR) is 47.8 cm³/mol. The third-order valence-corrected chi connectivity index (χ3v) is 1.90. The zero-order chi connectivity index (χ0) is 12.3. The molecule has 1 rings (SSSR count). The standard InChI is InChI=1S/C9H10F3NO3/c1-5-2-3-16-7(5)8(15)13-4-6(14)9(10,11)12/h2-3,6,14H,4H2,1H3,(H,13,15). The zero-order valence-electron chi connectivity index (χ0n) is 8.34. The first-order valence-corrected chi connectivity index (χ1v) is 4.39. The molecule has 0 aliphatic rings. The second-order valence-corrected chi connectivity index (χ2v) is 3.20. The highest BCUT2D eigenvalue weighted by atomic mass is 19.4. The molecule has 0 radical (unpaired) electrons. The number of carbonyl (C=O) groups excluding carboxylic acids is 1. The first-order chi connectivity index (χ1) is 7.32. The number of rotatable bonds is 3. The van der Waals surface area contributed by atoms with Crippen LogP contribution in [0.1, 0.15) is 16.1 Å². The van der Waals surface area contributed by atoms with Crippen molar-refractivity contribution in [2.75, 3.05) is 6.54 Å². The van der Waals surface area contributed by atoms with E-state index in [0.29, 0.717) is 5.56 Å². The van der Waals surface area contributed by atoms with Gasteiger partial charge in [0.05, 0.1) is 12.8 Å². The Morgan fingerprint density at radius 1 is 1.62 bits per heavy atom. The van der Waals surface area contributed by atoms with Gasteiger partial charge in [0.25, 0.3) is 5.91 Å². The number of aryl methyl sites for hydroxylation is 1. The second-order valence-electron chi connectivity index (χ2n) is 3.20. The number of hydrogen-bond donors (Lipinski definition) is 2. The Labute approximate surface area is 89.1 Å². The first-order valence-electron chi connectivity index (χ1n) is 4.39. The van der Waals surface area contributed by atoms with Crippen LogP contribution in [0.3, 0.4) is 0 Å². The Bertz CT molecular complexity index is 372. The van der Waals surface area contributed by atoms with E-state index in [9.17, 15) is 18.0 Å². The highest BCUT2D eigenvalue weighted by Crippen LogP contribution is 2.19. The molecule has 0 aliphatic carbocycles. The number of nitrogens with one attached hydrogen (secondary N) is 1. The van der Waals surface area contributed by atoms with E-state index in [1.54, 1.807) is 6.92 Å². The molecule has 1 heterocycles. The van der Waals surface area contributed by atoms with Crippen molar-refractivity contribution in [2.45, 2.75) is 19.2 Å². The monoisotopic (exact) mass is 237 g/mol. The van der Waals surface area contributed by atoms with E-state index in [-0.39, 0.29) is 5.76 Å². The fourth-order valence-electron chi connectivity index (χ4n) is 0.991. The van der Waals surface area contributed by atoms with Crippen molar-refractivity contribution in [1.82, 2.24) is 5.32 Å².